The number of rotatable bonds is 7. The summed E-state index contributed by atoms with van der Waals surface area (Å²) in [5.41, 5.74) is 4.88. The lowest BCUT2D eigenvalue weighted by molar-refractivity contribution is -0.140. The van der Waals surface area contributed by atoms with Gasteiger partial charge in [0.1, 0.15) is 5.75 Å². The minimum atomic E-state index is -3.70. The van der Waals surface area contributed by atoms with Crippen molar-refractivity contribution in [1.82, 2.24) is 0 Å². The number of amides is 1. The molecule has 0 fully saturated rings. The summed E-state index contributed by atoms with van der Waals surface area (Å²) in [6, 6.07) is 0. The van der Waals surface area contributed by atoms with Crippen LogP contribution < -0.4 is 5.73 Å². The molecule has 0 aromatic heterocycles. The minimum absolute atomic E-state index is 0.0901. The third-order valence-electron chi connectivity index (χ3n) is 2.21. The third-order valence-corrected chi connectivity index (χ3v) is 4.27. The highest BCUT2D eigenvalue weighted by molar-refractivity contribution is 7.92. The van der Waals surface area contributed by atoms with Gasteiger partial charge in [0.25, 0.3) is 0 Å². The topological polar surface area (TPSA) is 104 Å². The molecule has 6 nitrogen and oxygen atoms in total. The number of ether oxygens (including phenoxy) is 1. The second-order valence-corrected chi connectivity index (χ2v) is 6.59. The Bertz CT molecular complexity index is 374. The molecule has 0 aliphatic rings. The third kappa shape index (κ3) is 6.25. The predicted molar refractivity (Wildman–Crippen MR) is 62.9 cm³/mol. The van der Waals surface area contributed by atoms with Gasteiger partial charge >= 0.3 is 5.97 Å². The number of nitrogens with two attached hydrogens (primary N) is 1. The Morgan fingerprint density at radius 1 is 1.29 bits per heavy atom. The molecule has 0 saturated heterocycles. The normalized spacial score (nSPS) is 13.4. The van der Waals surface area contributed by atoms with Gasteiger partial charge in [0.2, 0.25) is 5.91 Å². The van der Waals surface area contributed by atoms with Crippen LogP contribution in [0.3, 0.4) is 0 Å². The Morgan fingerprint density at radius 3 is 2.18 bits per heavy atom. The van der Waals surface area contributed by atoms with Crippen molar-refractivity contribution in [1.29, 1.82) is 0 Å². The van der Waals surface area contributed by atoms with E-state index in [0.717, 1.165) is 0 Å². The average molecular weight is 265 g/mol. The van der Waals surface area contributed by atoms with E-state index in [1.54, 1.807) is 0 Å². The summed E-state index contributed by atoms with van der Waals surface area (Å²) >= 11 is 0. The molecule has 0 spiro atoms. The highest BCUT2D eigenvalue weighted by Gasteiger charge is 2.30. The van der Waals surface area contributed by atoms with Crippen molar-refractivity contribution in [3.63, 3.8) is 0 Å². The van der Waals surface area contributed by atoms with E-state index in [0.29, 0.717) is 6.42 Å². The molecule has 100 valence electrons. The van der Waals surface area contributed by atoms with Crippen LogP contribution in [0.4, 0.5) is 0 Å². The summed E-state index contributed by atoms with van der Waals surface area (Å²) in [6.07, 6.45) is 0.0506. The van der Waals surface area contributed by atoms with E-state index in [1.807, 2.05) is 13.8 Å². The molecule has 0 aromatic carbocycles. The van der Waals surface area contributed by atoms with Crippen LogP contribution in [0.25, 0.3) is 0 Å². The van der Waals surface area contributed by atoms with E-state index in [-0.39, 0.29) is 12.3 Å². The fourth-order valence-electron chi connectivity index (χ4n) is 1.47. The number of methoxy groups -OCH3 is 1. The predicted octanol–water partition coefficient (Wildman–Crippen LogP) is -0.136. The van der Waals surface area contributed by atoms with Gasteiger partial charge in [0, 0.05) is 0 Å². The Morgan fingerprint density at radius 2 is 1.82 bits per heavy atom. The molecule has 1 atom stereocenters. The van der Waals surface area contributed by atoms with Crippen molar-refractivity contribution >= 4 is 21.7 Å². The maximum absolute atomic E-state index is 11.8. The molecule has 17 heavy (non-hydrogen) atoms. The molecule has 0 aromatic rings. The Balaban J connectivity index is 4.90. The Labute approximate surface area is 101 Å². The van der Waals surface area contributed by atoms with Crippen LogP contribution in [0.2, 0.25) is 0 Å². The monoisotopic (exact) mass is 265 g/mol. The average Bonchev–Trinajstić information content (AvgIpc) is 2.13. The lowest BCUT2D eigenvalue weighted by atomic mass is 10.1. The first-order valence-electron chi connectivity index (χ1n) is 5.25. The van der Waals surface area contributed by atoms with E-state index in [2.05, 4.69) is 4.74 Å². The SMILES string of the molecule is COC(=O)C[C@@H](CC(C)C)S(=O)(=O)CC(N)=O. The molecule has 0 heterocycles. The van der Waals surface area contributed by atoms with E-state index >= 15 is 0 Å². The largest absolute Gasteiger partial charge is 0.469 e. The van der Waals surface area contributed by atoms with Crippen LogP contribution in [0.1, 0.15) is 26.7 Å². The van der Waals surface area contributed by atoms with Gasteiger partial charge < -0.3 is 10.5 Å². The van der Waals surface area contributed by atoms with Crippen LogP contribution in [0.15, 0.2) is 0 Å². The molecule has 0 radical (unpaired) electrons. The van der Waals surface area contributed by atoms with Gasteiger partial charge in [-0.3, -0.25) is 9.59 Å². The summed E-state index contributed by atoms with van der Waals surface area (Å²) < 4.78 is 28.1. The molecule has 0 rings (SSSR count). The molecule has 0 unspecified atom stereocenters. The van der Waals surface area contributed by atoms with Crippen molar-refractivity contribution in [2.45, 2.75) is 31.9 Å². The molecule has 0 aliphatic heterocycles. The molecule has 7 heteroatoms. The molecule has 0 saturated carbocycles. The van der Waals surface area contributed by atoms with Crippen LogP contribution in [-0.4, -0.2) is 38.4 Å². The van der Waals surface area contributed by atoms with Crippen LogP contribution in [-0.2, 0) is 24.2 Å². The number of carbonyl (C=O) groups is 2. The first-order chi connectivity index (χ1) is 7.69. The lowest BCUT2D eigenvalue weighted by Gasteiger charge is -2.17. The van der Waals surface area contributed by atoms with Crippen LogP contribution in [0.5, 0.6) is 0 Å². The molecular formula is C10H19NO5S. The first kappa shape index (κ1) is 15.9. The van der Waals surface area contributed by atoms with Crippen molar-refractivity contribution in [3.8, 4) is 0 Å². The van der Waals surface area contributed by atoms with Gasteiger partial charge in [-0.05, 0) is 12.3 Å². The zero-order valence-electron chi connectivity index (χ0n) is 10.3. The van der Waals surface area contributed by atoms with Gasteiger partial charge in [0.15, 0.2) is 9.84 Å². The number of carbonyl (C=O) groups excluding carboxylic acids is 2. The molecular weight excluding hydrogens is 246 g/mol. The Kier molecular flexibility index (Phi) is 6.15. The second kappa shape index (κ2) is 6.58. The smallest absolute Gasteiger partial charge is 0.306 e. The summed E-state index contributed by atoms with van der Waals surface area (Å²) in [6.45, 7) is 3.67. The van der Waals surface area contributed by atoms with Crippen molar-refractivity contribution < 1.29 is 22.7 Å². The van der Waals surface area contributed by atoms with Gasteiger partial charge in [-0.25, -0.2) is 8.42 Å². The number of sulfone groups is 1. The number of esters is 1. The zero-order valence-corrected chi connectivity index (χ0v) is 11.1. The maximum atomic E-state index is 11.8. The van der Waals surface area contributed by atoms with Crippen molar-refractivity contribution in [2.24, 2.45) is 11.7 Å². The lowest BCUT2D eigenvalue weighted by Crippen LogP contribution is -2.34. The van der Waals surface area contributed by atoms with Gasteiger partial charge in [-0.1, -0.05) is 13.8 Å². The fraction of sp³-hybridized carbons (Fsp3) is 0.800. The van der Waals surface area contributed by atoms with E-state index in [4.69, 9.17) is 5.73 Å². The fourth-order valence-corrected chi connectivity index (χ4v) is 3.17. The molecule has 2 N–H and O–H groups in total. The molecule has 1 amide bonds. The standard InChI is InChI=1S/C10H19NO5S/c1-7(2)4-8(5-10(13)16-3)17(14,15)6-9(11)12/h7-8H,4-6H2,1-3H3,(H2,11,12)/t8-/m1/s1. The highest BCUT2D eigenvalue weighted by atomic mass is 32.2. The quantitative estimate of drug-likeness (QED) is 0.645. The van der Waals surface area contributed by atoms with Crippen LogP contribution >= 0.6 is 0 Å². The highest BCUT2D eigenvalue weighted by Crippen LogP contribution is 2.17. The summed E-state index contributed by atoms with van der Waals surface area (Å²) in [4.78, 5) is 21.8. The van der Waals surface area contributed by atoms with Crippen molar-refractivity contribution in [2.75, 3.05) is 12.9 Å². The maximum Gasteiger partial charge on any atom is 0.306 e. The first-order valence-corrected chi connectivity index (χ1v) is 6.97. The van der Waals surface area contributed by atoms with E-state index < -0.39 is 32.7 Å². The number of hydrogen-bond donors (Lipinski definition) is 1. The number of primary amides is 1. The van der Waals surface area contributed by atoms with Crippen molar-refractivity contribution in [3.05, 3.63) is 0 Å². The molecule has 0 aliphatic carbocycles. The second-order valence-electron chi connectivity index (χ2n) is 4.31. The molecule has 0 bridgehead atoms. The van der Waals surface area contributed by atoms with Crippen LogP contribution in [0, 0.1) is 5.92 Å². The summed E-state index contributed by atoms with van der Waals surface area (Å²) in [5, 5.41) is -0.914. The van der Waals surface area contributed by atoms with E-state index in [9.17, 15) is 18.0 Å². The van der Waals surface area contributed by atoms with Gasteiger partial charge in [0.05, 0.1) is 18.8 Å². The van der Waals surface area contributed by atoms with Gasteiger partial charge in [-0.15, -0.1) is 0 Å². The summed E-state index contributed by atoms with van der Waals surface area (Å²) in [5.74, 6) is -2.17. The minimum Gasteiger partial charge on any atom is -0.469 e. The van der Waals surface area contributed by atoms with Gasteiger partial charge in [-0.2, -0.15) is 0 Å². The zero-order chi connectivity index (χ0) is 13.6. The number of hydrogen-bond acceptors (Lipinski definition) is 5. The summed E-state index contributed by atoms with van der Waals surface area (Å²) in [7, 11) is -2.51. The van der Waals surface area contributed by atoms with E-state index in [1.165, 1.54) is 7.11 Å². The Hall–Kier alpha value is -1.11.